The summed E-state index contributed by atoms with van der Waals surface area (Å²) in [5.41, 5.74) is 0. The summed E-state index contributed by atoms with van der Waals surface area (Å²) < 4.78 is 10.4. The lowest BCUT2D eigenvalue weighted by atomic mass is 10.2. The largest absolute Gasteiger partial charge is 0.480 e. The molecule has 2 N–H and O–H groups in total. The van der Waals surface area contributed by atoms with Gasteiger partial charge in [-0.05, 0) is 26.2 Å². The Bertz CT molecular complexity index is 218. The second-order valence-corrected chi connectivity index (χ2v) is 4.26. The maximum atomic E-state index is 10.9. The quantitative estimate of drug-likeness (QED) is 0.609. The summed E-state index contributed by atoms with van der Waals surface area (Å²) in [5, 5.41) is 12.1. The van der Waals surface area contributed by atoms with Gasteiger partial charge >= 0.3 is 5.97 Å². The predicted octanol–water partition coefficient (Wildman–Crippen LogP) is 0.633. The first-order valence-corrected chi connectivity index (χ1v) is 5.73. The zero-order chi connectivity index (χ0) is 12.0. The predicted molar refractivity (Wildman–Crippen MR) is 59.5 cm³/mol. The third-order valence-corrected chi connectivity index (χ3v) is 2.52. The van der Waals surface area contributed by atoms with E-state index in [9.17, 15) is 4.79 Å². The van der Waals surface area contributed by atoms with Crippen LogP contribution in [0.4, 0.5) is 0 Å². The Balaban J connectivity index is 2.13. The van der Waals surface area contributed by atoms with Crippen LogP contribution in [0.25, 0.3) is 0 Å². The van der Waals surface area contributed by atoms with Crippen LogP contribution in [0.3, 0.4) is 0 Å². The van der Waals surface area contributed by atoms with Crippen molar-refractivity contribution in [1.29, 1.82) is 0 Å². The highest BCUT2D eigenvalue weighted by atomic mass is 16.5. The van der Waals surface area contributed by atoms with Crippen molar-refractivity contribution in [3.63, 3.8) is 0 Å². The molecule has 0 saturated heterocycles. The lowest BCUT2D eigenvalue weighted by Gasteiger charge is -2.16. The van der Waals surface area contributed by atoms with Gasteiger partial charge in [-0.15, -0.1) is 0 Å². The lowest BCUT2D eigenvalue weighted by molar-refractivity contribution is -0.140. The fourth-order valence-corrected chi connectivity index (χ4v) is 1.48. The van der Waals surface area contributed by atoms with E-state index in [0.29, 0.717) is 25.7 Å². The van der Waals surface area contributed by atoms with E-state index in [4.69, 9.17) is 14.6 Å². The molecule has 0 aromatic heterocycles. The number of rotatable bonds is 9. The van der Waals surface area contributed by atoms with Gasteiger partial charge in [-0.3, -0.25) is 4.79 Å². The Morgan fingerprint density at radius 2 is 2.25 bits per heavy atom. The van der Waals surface area contributed by atoms with Crippen LogP contribution < -0.4 is 5.32 Å². The van der Waals surface area contributed by atoms with E-state index in [1.165, 1.54) is 0 Å². The number of aliphatic carboxylic acids is 1. The normalized spacial score (nSPS) is 19.4. The number of nitrogens with one attached hydrogen (secondary N) is 1. The van der Waals surface area contributed by atoms with Crippen molar-refractivity contribution in [3.8, 4) is 0 Å². The molecule has 0 bridgehead atoms. The van der Waals surface area contributed by atoms with Gasteiger partial charge in [0.05, 0.1) is 12.7 Å². The van der Waals surface area contributed by atoms with E-state index in [0.717, 1.165) is 12.8 Å². The lowest BCUT2D eigenvalue weighted by Crippen LogP contribution is -2.39. The molecule has 0 spiro atoms. The third-order valence-electron chi connectivity index (χ3n) is 2.52. The van der Waals surface area contributed by atoms with Crippen molar-refractivity contribution in [2.24, 2.45) is 0 Å². The number of methoxy groups -OCH3 is 1. The van der Waals surface area contributed by atoms with Gasteiger partial charge in [-0.1, -0.05) is 0 Å². The molecule has 16 heavy (non-hydrogen) atoms. The van der Waals surface area contributed by atoms with Crippen molar-refractivity contribution in [3.05, 3.63) is 0 Å². The van der Waals surface area contributed by atoms with Crippen LogP contribution in [0.5, 0.6) is 0 Å². The van der Waals surface area contributed by atoms with Crippen LogP contribution >= 0.6 is 0 Å². The fourth-order valence-electron chi connectivity index (χ4n) is 1.48. The Kier molecular flexibility index (Phi) is 5.73. The van der Waals surface area contributed by atoms with Gasteiger partial charge in [0.2, 0.25) is 0 Å². The smallest absolute Gasteiger partial charge is 0.320 e. The molecule has 1 rings (SSSR count). The van der Waals surface area contributed by atoms with E-state index in [1.54, 1.807) is 7.11 Å². The molecule has 2 atom stereocenters. The molecular formula is C11H21NO4. The third kappa shape index (κ3) is 5.44. The van der Waals surface area contributed by atoms with Crippen LogP contribution in [0.2, 0.25) is 0 Å². The van der Waals surface area contributed by atoms with Gasteiger partial charge in [-0.2, -0.15) is 0 Å². The molecule has 0 heterocycles. The highest BCUT2D eigenvalue weighted by molar-refractivity contribution is 5.73. The van der Waals surface area contributed by atoms with Crippen LogP contribution in [0.1, 0.15) is 26.2 Å². The van der Waals surface area contributed by atoms with Crippen LogP contribution in [0.15, 0.2) is 0 Å². The highest BCUT2D eigenvalue weighted by Crippen LogP contribution is 2.20. The summed E-state index contributed by atoms with van der Waals surface area (Å²) in [6.45, 7) is 2.89. The number of carboxylic acids is 1. The summed E-state index contributed by atoms with van der Waals surface area (Å²) in [5.74, 6) is -0.796. The Hall–Kier alpha value is -0.650. The highest BCUT2D eigenvalue weighted by Gasteiger charge is 2.27. The molecule has 94 valence electrons. The minimum atomic E-state index is -0.796. The van der Waals surface area contributed by atoms with Gasteiger partial charge < -0.3 is 19.9 Å². The maximum absolute atomic E-state index is 10.9. The first-order chi connectivity index (χ1) is 7.63. The molecular weight excluding hydrogens is 210 g/mol. The number of hydrogen-bond donors (Lipinski definition) is 2. The van der Waals surface area contributed by atoms with E-state index in [1.807, 2.05) is 6.92 Å². The summed E-state index contributed by atoms with van der Waals surface area (Å²) in [6.07, 6.45) is 2.69. The molecule has 2 unspecified atom stereocenters. The molecule has 1 aliphatic rings. The second kappa shape index (κ2) is 6.83. The number of ether oxygens (including phenoxy) is 2. The van der Waals surface area contributed by atoms with E-state index >= 15 is 0 Å². The molecule has 5 heteroatoms. The Morgan fingerprint density at radius 1 is 1.56 bits per heavy atom. The van der Waals surface area contributed by atoms with Crippen molar-refractivity contribution in [2.75, 3.05) is 20.3 Å². The average Bonchev–Trinajstić information content (AvgIpc) is 3.00. The topological polar surface area (TPSA) is 67.8 Å². The van der Waals surface area contributed by atoms with Crippen molar-refractivity contribution >= 4 is 5.97 Å². The Morgan fingerprint density at radius 3 is 2.75 bits per heavy atom. The molecule has 0 radical (unpaired) electrons. The van der Waals surface area contributed by atoms with Gasteiger partial charge in [0.15, 0.2) is 0 Å². The second-order valence-electron chi connectivity index (χ2n) is 4.26. The van der Waals surface area contributed by atoms with Gasteiger partial charge in [0.25, 0.3) is 0 Å². The van der Waals surface area contributed by atoms with E-state index in [2.05, 4.69) is 5.32 Å². The van der Waals surface area contributed by atoms with E-state index in [-0.39, 0.29) is 6.10 Å². The molecule has 0 aliphatic heterocycles. The summed E-state index contributed by atoms with van der Waals surface area (Å²) in [6, 6.07) is -0.0836. The van der Waals surface area contributed by atoms with Gasteiger partial charge in [0.1, 0.15) is 6.04 Å². The molecule has 0 aromatic carbocycles. The van der Waals surface area contributed by atoms with Crippen LogP contribution in [-0.4, -0.2) is 49.6 Å². The number of carboxylic acid groups (broad SMARTS) is 1. The number of hydrogen-bond acceptors (Lipinski definition) is 4. The molecule has 1 aliphatic carbocycles. The molecule has 5 nitrogen and oxygen atoms in total. The zero-order valence-electron chi connectivity index (χ0n) is 9.94. The summed E-state index contributed by atoms with van der Waals surface area (Å²) >= 11 is 0. The standard InChI is InChI=1S/C11H21NO4/c1-8(7-15-2)16-6-5-10(11(13)14)12-9-3-4-9/h8-10,12H,3-7H2,1-2H3,(H,13,14). The number of carbonyl (C=O) groups is 1. The fraction of sp³-hybridized carbons (Fsp3) is 0.909. The summed E-state index contributed by atoms with van der Waals surface area (Å²) in [7, 11) is 1.62. The molecule has 0 aromatic rings. The van der Waals surface area contributed by atoms with Crippen molar-refractivity contribution in [1.82, 2.24) is 5.32 Å². The molecule has 0 amide bonds. The minimum absolute atomic E-state index is 0.0142. The van der Waals surface area contributed by atoms with Gasteiger partial charge in [-0.25, -0.2) is 0 Å². The first-order valence-electron chi connectivity index (χ1n) is 5.73. The minimum Gasteiger partial charge on any atom is -0.480 e. The summed E-state index contributed by atoms with van der Waals surface area (Å²) in [4.78, 5) is 10.9. The SMILES string of the molecule is COCC(C)OCCC(NC1CC1)C(=O)O. The first kappa shape index (κ1) is 13.4. The van der Waals surface area contributed by atoms with Gasteiger partial charge in [0, 0.05) is 19.8 Å². The van der Waals surface area contributed by atoms with E-state index < -0.39 is 12.0 Å². The molecule has 1 fully saturated rings. The monoisotopic (exact) mass is 231 g/mol. The molecule has 1 saturated carbocycles. The van der Waals surface area contributed by atoms with Crippen LogP contribution in [-0.2, 0) is 14.3 Å². The Labute approximate surface area is 96.1 Å². The van der Waals surface area contributed by atoms with Crippen molar-refractivity contribution in [2.45, 2.75) is 44.4 Å². The van der Waals surface area contributed by atoms with Crippen molar-refractivity contribution < 1.29 is 19.4 Å². The zero-order valence-corrected chi connectivity index (χ0v) is 9.94. The van der Waals surface area contributed by atoms with Crippen LogP contribution in [0, 0.1) is 0 Å². The average molecular weight is 231 g/mol. The maximum Gasteiger partial charge on any atom is 0.320 e.